The second kappa shape index (κ2) is 9.49. The Bertz CT molecular complexity index is 1020. The van der Waals surface area contributed by atoms with Gasteiger partial charge in [0.2, 0.25) is 0 Å². The van der Waals surface area contributed by atoms with Crippen LogP contribution in [0.3, 0.4) is 0 Å². The first-order valence-electron chi connectivity index (χ1n) is 8.45. The van der Waals surface area contributed by atoms with Crippen molar-refractivity contribution in [3.8, 4) is 11.8 Å². The highest BCUT2D eigenvalue weighted by atomic mass is 79.9. The van der Waals surface area contributed by atoms with Crippen LogP contribution in [0.2, 0.25) is 0 Å². The predicted octanol–water partition coefficient (Wildman–Crippen LogP) is 4.66. The van der Waals surface area contributed by atoms with E-state index in [0.29, 0.717) is 23.5 Å². The van der Waals surface area contributed by atoms with Gasteiger partial charge in [-0.25, -0.2) is 5.43 Å². The fourth-order valence-corrected chi connectivity index (χ4v) is 2.66. The van der Waals surface area contributed by atoms with E-state index < -0.39 is 0 Å². The van der Waals surface area contributed by atoms with Crippen LogP contribution in [-0.4, -0.2) is 12.1 Å². The Morgan fingerprint density at radius 3 is 2.50 bits per heavy atom. The summed E-state index contributed by atoms with van der Waals surface area (Å²) in [5.41, 5.74) is 5.29. The van der Waals surface area contributed by atoms with Gasteiger partial charge in [0.1, 0.15) is 12.4 Å². The summed E-state index contributed by atoms with van der Waals surface area (Å²) in [5, 5.41) is 13.1. The first-order chi connectivity index (χ1) is 13.7. The SMILES string of the molecule is N#Cc1ccccc1COc1ccc(/C=N\NC(=O)c2ccc(Br)cc2)cc1. The van der Waals surface area contributed by atoms with Crippen LogP contribution in [0.5, 0.6) is 5.75 Å². The van der Waals surface area contributed by atoms with Gasteiger partial charge in [0.25, 0.3) is 5.91 Å². The second-order valence-electron chi connectivity index (χ2n) is 5.83. The quantitative estimate of drug-likeness (QED) is 0.453. The minimum atomic E-state index is -0.278. The van der Waals surface area contributed by atoms with E-state index >= 15 is 0 Å². The molecule has 3 aromatic rings. The molecule has 138 valence electrons. The Hall–Kier alpha value is -3.43. The van der Waals surface area contributed by atoms with Crippen molar-refractivity contribution in [2.24, 2.45) is 5.10 Å². The zero-order valence-corrected chi connectivity index (χ0v) is 16.4. The molecule has 0 bridgehead atoms. The van der Waals surface area contributed by atoms with E-state index in [1.807, 2.05) is 42.5 Å². The van der Waals surface area contributed by atoms with Crippen molar-refractivity contribution in [2.75, 3.05) is 0 Å². The third-order valence-corrected chi connectivity index (χ3v) is 4.43. The summed E-state index contributed by atoms with van der Waals surface area (Å²) in [6.45, 7) is 0.320. The van der Waals surface area contributed by atoms with Gasteiger partial charge in [-0.15, -0.1) is 0 Å². The molecule has 0 aromatic heterocycles. The number of hydrogen-bond acceptors (Lipinski definition) is 4. The summed E-state index contributed by atoms with van der Waals surface area (Å²) < 4.78 is 6.64. The van der Waals surface area contributed by atoms with Crippen LogP contribution in [0, 0.1) is 11.3 Å². The topological polar surface area (TPSA) is 74.5 Å². The highest BCUT2D eigenvalue weighted by molar-refractivity contribution is 9.10. The zero-order chi connectivity index (χ0) is 19.8. The standard InChI is InChI=1S/C22H16BrN3O2/c23-20-9-7-17(8-10-20)22(27)26-25-14-16-5-11-21(12-6-16)28-15-19-4-2-1-3-18(19)13-24/h1-12,14H,15H2,(H,26,27)/b25-14-. The van der Waals surface area contributed by atoms with Gasteiger partial charge in [0, 0.05) is 15.6 Å². The highest BCUT2D eigenvalue weighted by Gasteiger charge is 2.04. The molecule has 5 nitrogen and oxygen atoms in total. The van der Waals surface area contributed by atoms with Crippen LogP contribution >= 0.6 is 15.9 Å². The molecule has 0 spiro atoms. The van der Waals surface area contributed by atoms with E-state index in [4.69, 9.17) is 10.00 Å². The van der Waals surface area contributed by atoms with Crippen molar-refractivity contribution in [2.45, 2.75) is 6.61 Å². The second-order valence-corrected chi connectivity index (χ2v) is 6.75. The lowest BCUT2D eigenvalue weighted by atomic mass is 10.1. The van der Waals surface area contributed by atoms with E-state index in [1.165, 1.54) is 0 Å². The molecule has 0 radical (unpaired) electrons. The van der Waals surface area contributed by atoms with Crippen molar-refractivity contribution in [1.82, 2.24) is 5.43 Å². The Labute approximate surface area is 171 Å². The molecule has 6 heteroatoms. The molecule has 0 fully saturated rings. The maximum atomic E-state index is 12.0. The van der Waals surface area contributed by atoms with Crippen molar-refractivity contribution in [3.05, 3.63) is 99.5 Å². The number of rotatable bonds is 6. The molecule has 0 aliphatic rings. The molecule has 28 heavy (non-hydrogen) atoms. The van der Waals surface area contributed by atoms with Gasteiger partial charge in [-0.1, -0.05) is 34.1 Å². The lowest BCUT2D eigenvalue weighted by molar-refractivity contribution is 0.0955. The molecule has 3 rings (SSSR count). The fraction of sp³-hybridized carbons (Fsp3) is 0.0455. The van der Waals surface area contributed by atoms with Gasteiger partial charge in [-0.05, 0) is 60.2 Å². The molecule has 0 saturated heterocycles. The van der Waals surface area contributed by atoms with E-state index in [9.17, 15) is 4.79 Å². The minimum absolute atomic E-state index is 0.278. The van der Waals surface area contributed by atoms with Crippen molar-refractivity contribution in [3.63, 3.8) is 0 Å². The molecule has 0 aliphatic carbocycles. The fourth-order valence-electron chi connectivity index (χ4n) is 2.40. The van der Waals surface area contributed by atoms with Crippen LogP contribution in [0.15, 0.2) is 82.4 Å². The van der Waals surface area contributed by atoms with E-state index in [0.717, 1.165) is 15.6 Å². The summed E-state index contributed by atoms with van der Waals surface area (Å²) in [6.07, 6.45) is 1.56. The summed E-state index contributed by atoms with van der Waals surface area (Å²) in [4.78, 5) is 12.0. The van der Waals surface area contributed by atoms with Crippen molar-refractivity contribution < 1.29 is 9.53 Å². The molecule has 1 N–H and O–H groups in total. The first-order valence-corrected chi connectivity index (χ1v) is 9.25. The molecule has 0 aliphatic heterocycles. The van der Waals surface area contributed by atoms with Gasteiger partial charge < -0.3 is 4.74 Å². The lowest BCUT2D eigenvalue weighted by Gasteiger charge is -2.07. The van der Waals surface area contributed by atoms with Crippen LogP contribution in [0.25, 0.3) is 0 Å². The van der Waals surface area contributed by atoms with Crippen LogP contribution < -0.4 is 10.2 Å². The van der Waals surface area contributed by atoms with Crippen LogP contribution in [0.4, 0.5) is 0 Å². The Kier molecular flexibility index (Phi) is 6.55. The largest absolute Gasteiger partial charge is 0.489 e. The third kappa shape index (κ3) is 5.29. The van der Waals surface area contributed by atoms with E-state index in [-0.39, 0.29) is 5.91 Å². The maximum absolute atomic E-state index is 12.0. The van der Waals surface area contributed by atoms with Crippen LogP contribution in [0.1, 0.15) is 27.0 Å². The number of nitriles is 1. The monoisotopic (exact) mass is 433 g/mol. The molecule has 0 unspecified atom stereocenters. The smallest absolute Gasteiger partial charge is 0.271 e. The molecule has 0 heterocycles. The number of carbonyl (C=O) groups excluding carboxylic acids is 1. The number of nitrogens with one attached hydrogen (secondary N) is 1. The average Bonchev–Trinajstić information content (AvgIpc) is 2.73. The van der Waals surface area contributed by atoms with Crippen LogP contribution in [-0.2, 0) is 6.61 Å². The molecular formula is C22H16BrN3O2. The number of hydrazone groups is 1. The van der Waals surface area contributed by atoms with E-state index in [2.05, 4.69) is 32.5 Å². The third-order valence-electron chi connectivity index (χ3n) is 3.90. The van der Waals surface area contributed by atoms with Crippen molar-refractivity contribution >= 4 is 28.1 Å². The molecule has 1 amide bonds. The number of hydrogen-bond donors (Lipinski definition) is 1. The number of carbonyl (C=O) groups is 1. The number of benzene rings is 3. The minimum Gasteiger partial charge on any atom is -0.489 e. The Morgan fingerprint density at radius 1 is 1.07 bits per heavy atom. The lowest BCUT2D eigenvalue weighted by Crippen LogP contribution is -2.17. The Balaban J connectivity index is 1.54. The first kappa shape index (κ1) is 19.3. The molecular weight excluding hydrogens is 418 g/mol. The van der Waals surface area contributed by atoms with Gasteiger partial charge >= 0.3 is 0 Å². The maximum Gasteiger partial charge on any atom is 0.271 e. The summed E-state index contributed by atoms with van der Waals surface area (Å²) in [7, 11) is 0. The summed E-state index contributed by atoms with van der Waals surface area (Å²) in [6, 6.07) is 23.8. The zero-order valence-electron chi connectivity index (χ0n) is 14.8. The molecule has 0 saturated carbocycles. The predicted molar refractivity (Wildman–Crippen MR) is 111 cm³/mol. The van der Waals surface area contributed by atoms with Gasteiger partial charge in [-0.2, -0.15) is 10.4 Å². The average molecular weight is 434 g/mol. The molecule has 3 aromatic carbocycles. The number of ether oxygens (including phenoxy) is 1. The normalized spacial score (nSPS) is 10.4. The van der Waals surface area contributed by atoms with Gasteiger partial charge in [0.05, 0.1) is 17.8 Å². The number of amides is 1. The van der Waals surface area contributed by atoms with Crippen molar-refractivity contribution in [1.29, 1.82) is 5.26 Å². The van der Waals surface area contributed by atoms with E-state index in [1.54, 1.807) is 36.5 Å². The summed E-state index contributed by atoms with van der Waals surface area (Å²) >= 11 is 3.33. The number of nitrogens with zero attached hydrogens (tertiary/aromatic N) is 2. The van der Waals surface area contributed by atoms with Gasteiger partial charge in [0.15, 0.2) is 0 Å². The molecule has 0 atom stereocenters. The Morgan fingerprint density at radius 2 is 1.79 bits per heavy atom. The highest BCUT2D eigenvalue weighted by Crippen LogP contribution is 2.15. The van der Waals surface area contributed by atoms with Gasteiger partial charge in [-0.3, -0.25) is 4.79 Å². The summed E-state index contributed by atoms with van der Waals surface area (Å²) in [5.74, 6) is 0.406. The number of halogens is 1.